The maximum absolute atomic E-state index is 13.1. The fourth-order valence-electron chi connectivity index (χ4n) is 3.29. The minimum atomic E-state index is -0.492. The van der Waals surface area contributed by atoms with Gasteiger partial charge in [0.15, 0.2) is 6.61 Å². The van der Waals surface area contributed by atoms with E-state index in [1.54, 1.807) is 0 Å². The van der Waals surface area contributed by atoms with E-state index in [0.717, 1.165) is 24.2 Å². The molecule has 0 aliphatic heterocycles. The number of nitrogens with zero attached hydrogens (tertiary/aromatic N) is 2. The van der Waals surface area contributed by atoms with Gasteiger partial charge >= 0.3 is 5.97 Å². The van der Waals surface area contributed by atoms with Crippen LogP contribution < -0.4 is 4.90 Å². The van der Waals surface area contributed by atoms with Gasteiger partial charge in [-0.1, -0.05) is 0 Å². The summed E-state index contributed by atoms with van der Waals surface area (Å²) in [5.74, 6) is -1.20. The summed E-state index contributed by atoms with van der Waals surface area (Å²) >= 11 is 0. The second kappa shape index (κ2) is 7.32. The summed E-state index contributed by atoms with van der Waals surface area (Å²) < 4.78 is 20.5. The van der Waals surface area contributed by atoms with Crippen LogP contribution >= 0.6 is 0 Å². The molecule has 0 atom stereocenters. The molecule has 1 heterocycles. The minimum absolute atomic E-state index is 0.344. The van der Waals surface area contributed by atoms with Crippen molar-refractivity contribution < 1.29 is 18.7 Å². The van der Waals surface area contributed by atoms with Gasteiger partial charge in [-0.05, 0) is 63.9 Å². The maximum atomic E-state index is 13.1. The van der Waals surface area contributed by atoms with E-state index in [1.165, 1.54) is 29.2 Å². The number of rotatable bonds is 6. The Morgan fingerprint density at radius 3 is 2.46 bits per heavy atom. The second-order valence-electron chi connectivity index (χ2n) is 6.58. The lowest BCUT2D eigenvalue weighted by Gasteiger charge is -2.20. The molecule has 1 aliphatic carbocycles. The van der Waals surface area contributed by atoms with E-state index in [2.05, 4.69) is 4.57 Å². The molecule has 0 spiro atoms. The highest BCUT2D eigenvalue weighted by Gasteiger charge is 2.29. The Kier molecular flexibility index (Phi) is 5.11. The van der Waals surface area contributed by atoms with E-state index >= 15 is 0 Å². The summed E-state index contributed by atoms with van der Waals surface area (Å²) in [6, 6.07) is 7.95. The molecule has 1 aromatic heterocycles. The Labute approximate surface area is 152 Å². The molecule has 1 saturated carbocycles. The molecule has 26 heavy (non-hydrogen) atoms. The summed E-state index contributed by atoms with van der Waals surface area (Å²) in [7, 11) is 0. The predicted octanol–water partition coefficient (Wildman–Crippen LogP) is 3.79. The van der Waals surface area contributed by atoms with Gasteiger partial charge in [0.2, 0.25) is 0 Å². The number of benzene rings is 1. The van der Waals surface area contributed by atoms with Gasteiger partial charge in [0.1, 0.15) is 5.82 Å². The molecule has 1 fully saturated rings. The maximum Gasteiger partial charge on any atom is 0.340 e. The van der Waals surface area contributed by atoms with Crippen molar-refractivity contribution >= 4 is 17.6 Å². The minimum Gasteiger partial charge on any atom is -0.452 e. The van der Waals surface area contributed by atoms with E-state index < -0.39 is 5.97 Å². The lowest BCUT2D eigenvalue weighted by Crippen LogP contribution is -2.34. The van der Waals surface area contributed by atoms with E-state index in [0.29, 0.717) is 23.8 Å². The summed E-state index contributed by atoms with van der Waals surface area (Å²) in [4.78, 5) is 26.3. The molecular formula is C20H23FN2O3. The van der Waals surface area contributed by atoms with E-state index in [-0.39, 0.29) is 18.3 Å². The van der Waals surface area contributed by atoms with Crippen molar-refractivity contribution in [3.63, 3.8) is 0 Å². The fraction of sp³-hybridized carbons (Fsp3) is 0.400. The number of likely N-dealkylation sites (N-methyl/N-ethyl adjacent to an activating group) is 1. The first-order valence-electron chi connectivity index (χ1n) is 8.83. The van der Waals surface area contributed by atoms with Crippen molar-refractivity contribution in [2.45, 2.75) is 39.7 Å². The van der Waals surface area contributed by atoms with Crippen LogP contribution in [0.15, 0.2) is 30.3 Å². The van der Waals surface area contributed by atoms with Crippen LogP contribution in [-0.2, 0) is 9.53 Å². The standard InChI is InChI=1S/C20H23FN2O3/c1-4-22(16-7-5-15(21)6-8-16)19(24)12-26-20(25)18-11-13(2)23(14(18)3)17-9-10-17/h5-8,11,17H,4,9-10,12H2,1-3H3. The SMILES string of the molecule is CCN(C(=O)COC(=O)c1cc(C)n(C2CC2)c1C)c1ccc(F)cc1. The van der Waals surface area contributed by atoms with Crippen molar-refractivity contribution in [2.24, 2.45) is 0 Å². The van der Waals surface area contributed by atoms with Gasteiger partial charge < -0.3 is 14.2 Å². The van der Waals surface area contributed by atoms with Crippen molar-refractivity contribution in [1.29, 1.82) is 0 Å². The molecular weight excluding hydrogens is 335 g/mol. The average molecular weight is 358 g/mol. The van der Waals surface area contributed by atoms with Gasteiger partial charge in [-0.25, -0.2) is 9.18 Å². The molecule has 6 heteroatoms. The Morgan fingerprint density at radius 2 is 1.88 bits per heavy atom. The van der Waals surface area contributed by atoms with Crippen LogP contribution in [0.1, 0.15) is 47.6 Å². The molecule has 1 aromatic carbocycles. The van der Waals surface area contributed by atoms with Crippen LogP contribution in [0.5, 0.6) is 0 Å². The number of halogens is 1. The summed E-state index contributed by atoms with van der Waals surface area (Å²) in [6.45, 7) is 5.74. The molecule has 0 N–H and O–H groups in total. The molecule has 0 saturated heterocycles. The van der Waals surface area contributed by atoms with E-state index in [4.69, 9.17) is 4.74 Å². The molecule has 0 bridgehead atoms. The topological polar surface area (TPSA) is 51.5 Å². The van der Waals surface area contributed by atoms with E-state index in [1.807, 2.05) is 26.8 Å². The molecule has 2 aromatic rings. The monoisotopic (exact) mass is 358 g/mol. The Hall–Kier alpha value is -2.63. The molecule has 3 rings (SSSR count). The highest BCUT2D eigenvalue weighted by Crippen LogP contribution is 2.38. The number of esters is 1. The number of hydrogen-bond donors (Lipinski definition) is 0. The normalized spacial score (nSPS) is 13.5. The third kappa shape index (κ3) is 3.64. The van der Waals surface area contributed by atoms with Crippen LogP contribution in [-0.4, -0.2) is 29.6 Å². The zero-order valence-corrected chi connectivity index (χ0v) is 15.3. The Bertz CT molecular complexity index is 822. The number of hydrogen-bond acceptors (Lipinski definition) is 3. The van der Waals surface area contributed by atoms with Crippen molar-refractivity contribution in [1.82, 2.24) is 4.57 Å². The summed E-state index contributed by atoms with van der Waals surface area (Å²) in [5, 5.41) is 0. The van der Waals surface area contributed by atoms with Crippen molar-refractivity contribution in [3.8, 4) is 0 Å². The predicted molar refractivity (Wildman–Crippen MR) is 96.9 cm³/mol. The largest absolute Gasteiger partial charge is 0.452 e. The average Bonchev–Trinajstić information content (AvgIpc) is 3.40. The Morgan fingerprint density at radius 1 is 1.23 bits per heavy atom. The van der Waals surface area contributed by atoms with Gasteiger partial charge in [-0.15, -0.1) is 0 Å². The van der Waals surface area contributed by atoms with Gasteiger partial charge in [0.05, 0.1) is 5.56 Å². The third-order valence-electron chi connectivity index (χ3n) is 4.70. The Balaban J connectivity index is 1.66. The van der Waals surface area contributed by atoms with Crippen LogP contribution in [0.25, 0.3) is 0 Å². The number of anilines is 1. The van der Waals surface area contributed by atoms with Gasteiger partial charge in [0.25, 0.3) is 5.91 Å². The number of carbonyl (C=O) groups is 2. The van der Waals surface area contributed by atoms with Gasteiger partial charge in [-0.3, -0.25) is 4.79 Å². The zero-order chi connectivity index (χ0) is 18.8. The summed E-state index contributed by atoms with van der Waals surface area (Å²) in [5.41, 5.74) is 2.99. The second-order valence-corrected chi connectivity index (χ2v) is 6.58. The smallest absolute Gasteiger partial charge is 0.340 e. The fourth-order valence-corrected chi connectivity index (χ4v) is 3.29. The zero-order valence-electron chi connectivity index (χ0n) is 15.3. The quantitative estimate of drug-likeness (QED) is 0.738. The van der Waals surface area contributed by atoms with Crippen LogP contribution in [0.4, 0.5) is 10.1 Å². The number of aryl methyl sites for hydroxylation is 1. The molecule has 1 aliphatic rings. The van der Waals surface area contributed by atoms with Crippen LogP contribution in [0.3, 0.4) is 0 Å². The van der Waals surface area contributed by atoms with Crippen molar-refractivity contribution in [3.05, 3.63) is 53.1 Å². The van der Waals surface area contributed by atoms with Crippen LogP contribution in [0, 0.1) is 19.7 Å². The highest BCUT2D eigenvalue weighted by molar-refractivity contribution is 5.97. The molecule has 0 radical (unpaired) electrons. The number of carbonyl (C=O) groups excluding carboxylic acids is 2. The molecule has 138 valence electrons. The van der Waals surface area contributed by atoms with E-state index in [9.17, 15) is 14.0 Å². The number of ether oxygens (including phenoxy) is 1. The number of amides is 1. The molecule has 0 unspecified atom stereocenters. The lowest BCUT2D eigenvalue weighted by atomic mass is 10.2. The number of aromatic nitrogens is 1. The molecule has 1 amide bonds. The first-order chi connectivity index (χ1) is 12.4. The third-order valence-corrected chi connectivity index (χ3v) is 4.70. The van der Waals surface area contributed by atoms with Gasteiger partial charge in [-0.2, -0.15) is 0 Å². The first kappa shape index (κ1) is 18.2. The summed E-state index contributed by atoms with van der Waals surface area (Å²) in [6.07, 6.45) is 2.26. The highest BCUT2D eigenvalue weighted by atomic mass is 19.1. The van der Waals surface area contributed by atoms with Crippen molar-refractivity contribution in [2.75, 3.05) is 18.1 Å². The van der Waals surface area contributed by atoms with Crippen LogP contribution in [0.2, 0.25) is 0 Å². The van der Waals surface area contributed by atoms with Gasteiger partial charge in [0, 0.05) is 29.7 Å². The lowest BCUT2D eigenvalue weighted by molar-refractivity contribution is -0.121. The first-order valence-corrected chi connectivity index (χ1v) is 8.83. The molecule has 5 nitrogen and oxygen atoms in total.